The predicted octanol–water partition coefficient (Wildman–Crippen LogP) is 6.32. The Morgan fingerprint density at radius 3 is 2.34 bits per heavy atom. The molecular weight excluding hydrogens is 445 g/mol. The highest BCUT2D eigenvalue weighted by Crippen LogP contribution is 2.38. The molecule has 1 N–H and O–H groups in total. The van der Waals surface area contributed by atoms with E-state index in [9.17, 15) is 23.3 Å². The van der Waals surface area contributed by atoms with Gasteiger partial charge in [-0.3, -0.25) is 19.8 Å². The van der Waals surface area contributed by atoms with Crippen LogP contribution in [0.15, 0.2) is 72.8 Å². The molecular formula is C21H13F3N4O3S. The number of nitro benzene ring substituents is 1. The standard InChI is InChI=1S/C21H13F3N4O3S/c22-21(23,24)14-8-11-18(17(12-14)28(29)30)31-16-9-6-13(7-10-16)19-25-26-20(32)27(19)15-4-2-1-3-5-15/h1-12H,(H,26,32). The van der Waals surface area contributed by atoms with Gasteiger partial charge < -0.3 is 4.74 Å². The van der Waals surface area contributed by atoms with Crippen molar-refractivity contribution >= 4 is 17.9 Å². The van der Waals surface area contributed by atoms with Crippen LogP contribution in [0.5, 0.6) is 11.5 Å². The molecule has 0 fully saturated rings. The summed E-state index contributed by atoms with van der Waals surface area (Å²) >= 11 is 5.32. The molecule has 0 aliphatic carbocycles. The predicted molar refractivity (Wildman–Crippen MR) is 112 cm³/mol. The molecule has 0 saturated heterocycles. The average molecular weight is 458 g/mol. The zero-order valence-corrected chi connectivity index (χ0v) is 16.9. The van der Waals surface area contributed by atoms with E-state index < -0.39 is 22.4 Å². The Hall–Kier alpha value is -3.99. The number of hydrogen-bond acceptors (Lipinski definition) is 5. The number of hydrogen-bond donors (Lipinski definition) is 1. The monoisotopic (exact) mass is 458 g/mol. The minimum atomic E-state index is -4.70. The highest BCUT2D eigenvalue weighted by molar-refractivity contribution is 7.71. The smallest absolute Gasteiger partial charge is 0.416 e. The van der Waals surface area contributed by atoms with Gasteiger partial charge in [-0.25, -0.2) is 0 Å². The molecule has 0 aliphatic heterocycles. The van der Waals surface area contributed by atoms with Gasteiger partial charge >= 0.3 is 11.9 Å². The molecule has 0 atom stereocenters. The normalized spacial score (nSPS) is 11.3. The molecule has 32 heavy (non-hydrogen) atoms. The molecule has 0 bridgehead atoms. The van der Waals surface area contributed by atoms with Gasteiger partial charge in [0.2, 0.25) is 5.75 Å². The first-order chi connectivity index (χ1) is 15.2. The maximum Gasteiger partial charge on any atom is 0.416 e. The molecule has 0 unspecified atom stereocenters. The van der Waals surface area contributed by atoms with Crippen molar-refractivity contribution < 1.29 is 22.8 Å². The first-order valence-electron chi connectivity index (χ1n) is 9.11. The minimum Gasteiger partial charge on any atom is -0.450 e. The van der Waals surface area contributed by atoms with Gasteiger partial charge in [0, 0.05) is 17.3 Å². The maximum atomic E-state index is 12.9. The molecule has 162 valence electrons. The fourth-order valence-corrected chi connectivity index (χ4v) is 3.27. The Bertz CT molecular complexity index is 1330. The summed E-state index contributed by atoms with van der Waals surface area (Å²) in [7, 11) is 0. The molecule has 0 amide bonds. The van der Waals surface area contributed by atoms with Crippen LogP contribution in [0.4, 0.5) is 18.9 Å². The van der Waals surface area contributed by atoms with Crippen LogP contribution in [0.1, 0.15) is 5.56 Å². The third-order valence-electron chi connectivity index (χ3n) is 4.51. The summed E-state index contributed by atoms with van der Waals surface area (Å²) in [5.41, 5.74) is -0.429. The number of benzene rings is 3. The number of aromatic amines is 1. The topological polar surface area (TPSA) is 86.0 Å². The van der Waals surface area contributed by atoms with E-state index in [1.165, 1.54) is 12.1 Å². The van der Waals surface area contributed by atoms with Crippen molar-refractivity contribution in [2.75, 3.05) is 0 Å². The molecule has 0 spiro atoms. The Balaban J connectivity index is 1.64. The number of ether oxygens (including phenoxy) is 1. The summed E-state index contributed by atoms with van der Waals surface area (Å²) < 4.78 is 46.2. The summed E-state index contributed by atoms with van der Waals surface area (Å²) in [4.78, 5) is 10.3. The summed E-state index contributed by atoms with van der Waals surface area (Å²) in [6.07, 6.45) is -4.70. The zero-order valence-electron chi connectivity index (χ0n) is 16.0. The molecule has 1 heterocycles. The quantitative estimate of drug-likeness (QED) is 0.215. The minimum absolute atomic E-state index is 0.206. The van der Waals surface area contributed by atoms with Crippen molar-refractivity contribution in [3.8, 4) is 28.6 Å². The second-order valence-corrected chi connectivity index (χ2v) is 6.97. The van der Waals surface area contributed by atoms with Gasteiger partial charge in [0.15, 0.2) is 10.6 Å². The van der Waals surface area contributed by atoms with Gasteiger partial charge in [-0.2, -0.15) is 18.3 Å². The fraction of sp³-hybridized carbons (Fsp3) is 0.0476. The van der Waals surface area contributed by atoms with Crippen molar-refractivity contribution in [1.82, 2.24) is 14.8 Å². The van der Waals surface area contributed by atoms with Crippen LogP contribution in [0.3, 0.4) is 0 Å². The van der Waals surface area contributed by atoms with Gasteiger partial charge in [0.1, 0.15) is 5.75 Å². The van der Waals surface area contributed by atoms with E-state index in [-0.39, 0.29) is 11.5 Å². The summed E-state index contributed by atoms with van der Waals surface area (Å²) in [6, 6.07) is 17.8. The molecule has 4 rings (SSSR count). The maximum absolute atomic E-state index is 12.9. The second-order valence-electron chi connectivity index (χ2n) is 6.59. The van der Waals surface area contributed by atoms with E-state index in [1.807, 2.05) is 30.3 Å². The zero-order chi connectivity index (χ0) is 22.9. The third-order valence-corrected chi connectivity index (χ3v) is 4.78. The van der Waals surface area contributed by atoms with E-state index in [0.29, 0.717) is 22.2 Å². The highest BCUT2D eigenvalue weighted by atomic mass is 32.1. The van der Waals surface area contributed by atoms with E-state index in [4.69, 9.17) is 17.0 Å². The number of para-hydroxylation sites is 1. The SMILES string of the molecule is O=[N+]([O-])c1cc(C(F)(F)F)ccc1Oc1ccc(-c2n[nH]c(=S)n2-c2ccccc2)cc1. The van der Waals surface area contributed by atoms with E-state index in [1.54, 1.807) is 16.7 Å². The Labute approximate surface area is 183 Å². The van der Waals surface area contributed by atoms with Crippen molar-refractivity contribution in [3.63, 3.8) is 0 Å². The van der Waals surface area contributed by atoms with Gasteiger partial charge in [0.25, 0.3) is 0 Å². The largest absolute Gasteiger partial charge is 0.450 e. The number of alkyl halides is 3. The third kappa shape index (κ3) is 4.23. The summed E-state index contributed by atoms with van der Waals surface area (Å²) in [5.74, 6) is 0.438. The number of rotatable bonds is 5. The van der Waals surface area contributed by atoms with Crippen molar-refractivity contribution in [2.24, 2.45) is 0 Å². The van der Waals surface area contributed by atoms with Gasteiger partial charge in [-0.15, -0.1) is 0 Å². The van der Waals surface area contributed by atoms with E-state index >= 15 is 0 Å². The first kappa shape index (κ1) is 21.2. The highest BCUT2D eigenvalue weighted by Gasteiger charge is 2.33. The Kier molecular flexibility index (Phi) is 5.49. The van der Waals surface area contributed by atoms with Gasteiger partial charge in [-0.1, -0.05) is 18.2 Å². The fourth-order valence-electron chi connectivity index (χ4n) is 3.03. The lowest BCUT2D eigenvalue weighted by molar-refractivity contribution is -0.385. The van der Waals surface area contributed by atoms with Crippen LogP contribution < -0.4 is 4.74 Å². The molecule has 0 saturated carbocycles. The second kappa shape index (κ2) is 8.27. The summed E-state index contributed by atoms with van der Waals surface area (Å²) in [6.45, 7) is 0. The van der Waals surface area contributed by atoms with Crippen molar-refractivity contribution in [1.29, 1.82) is 0 Å². The van der Waals surface area contributed by atoms with Crippen LogP contribution in [0.25, 0.3) is 17.1 Å². The Morgan fingerprint density at radius 1 is 1.03 bits per heavy atom. The number of aromatic nitrogens is 3. The van der Waals surface area contributed by atoms with E-state index in [0.717, 1.165) is 17.8 Å². The molecule has 0 aliphatic rings. The molecule has 7 nitrogen and oxygen atoms in total. The molecule has 0 radical (unpaired) electrons. The lowest BCUT2D eigenvalue weighted by Gasteiger charge is -2.11. The first-order valence-corrected chi connectivity index (χ1v) is 9.51. The number of nitrogens with zero attached hydrogens (tertiary/aromatic N) is 3. The number of H-pyrrole nitrogens is 1. The summed E-state index contributed by atoms with van der Waals surface area (Å²) in [5, 5.41) is 18.2. The van der Waals surface area contributed by atoms with Crippen LogP contribution in [0, 0.1) is 14.9 Å². The average Bonchev–Trinajstić information content (AvgIpc) is 3.15. The van der Waals surface area contributed by atoms with Gasteiger partial charge in [0.05, 0.1) is 10.5 Å². The van der Waals surface area contributed by atoms with Crippen LogP contribution in [-0.2, 0) is 6.18 Å². The number of nitro groups is 1. The molecule has 3 aromatic carbocycles. The lowest BCUT2D eigenvalue weighted by Crippen LogP contribution is -2.06. The number of nitrogens with one attached hydrogen (secondary N) is 1. The molecule has 4 aromatic rings. The Morgan fingerprint density at radius 2 is 1.72 bits per heavy atom. The number of halogens is 3. The molecule has 11 heteroatoms. The molecule has 1 aromatic heterocycles. The van der Waals surface area contributed by atoms with Crippen molar-refractivity contribution in [3.05, 3.63) is 93.2 Å². The van der Waals surface area contributed by atoms with Crippen LogP contribution >= 0.6 is 12.2 Å². The lowest BCUT2D eigenvalue weighted by atomic mass is 10.1. The van der Waals surface area contributed by atoms with Gasteiger partial charge in [-0.05, 0) is 60.7 Å². The van der Waals surface area contributed by atoms with E-state index in [2.05, 4.69) is 10.2 Å². The van der Waals surface area contributed by atoms with Crippen molar-refractivity contribution in [2.45, 2.75) is 6.18 Å². The van der Waals surface area contributed by atoms with Crippen LogP contribution in [0.2, 0.25) is 0 Å². The van der Waals surface area contributed by atoms with Crippen LogP contribution in [-0.4, -0.2) is 19.7 Å².